The number of aromatic amines is 3. The van der Waals surface area contributed by atoms with Crippen molar-refractivity contribution >= 4 is 11.0 Å². The van der Waals surface area contributed by atoms with E-state index in [2.05, 4.69) is 39.0 Å². The monoisotopic (exact) mass is 285 g/mol. The molecule has 0 bridgehead atoms. The molecule has 7 nitrogen and oxygen atoms in total. The highest BCUT2D eigenvalue weighted by Gasteiger charge is 2.09. The highest BCUT2D eigenvalue weighted by Crippen LogP contribution is 2.18. The quantitative estimate of drug-likeness (QED) is 0.628. The molecule has 2 heterocycles. The molecule has 1 aromatic carbocycles. The summed E-state index contributed by atoms with van der Waals surface area (Å²) < 4.78 is 0. The lowest BCUT2D eigenvalue weighted by atomic mass is 10.1. The lowest BCUT2D eigenvalue weighted by molar-refractivity contribution is 0.622. The van der Waals surface area contributed by atoms with Crippen LogP contribution in [0.5, 0.6) is 0 Å². The minimum atomic E-state index is -0.671. The van der Waals surface area contributed by atoms with Gasteiger partial charge in [0.15, 0.2) is 5.82 Å². The van der Waals surface area contributed by atoms with Crippen molar-refractivity contribution in [2.24, 2.45) is 5.92 Å². The molecule has 0 unspecified atom stereocenters. The van der Waals surface area contributed by atoms with Gasteiger partial charge in [-0.3, -0.25) is 14.7 Å². The molecule has 0 amide bonds. The Morgan fingerprint density at radius 3 is 2.52 bits per heavy atom. The number of aromatic nitrogens is 5. The molecule has 7 heteroatoms. The molecule has 0 saturated heterocycles. The first kappa shape index (κ1) is 13.3. The van der Waals surface area contributed by atoms with Crippen LogP contribution in [0.15, 0.2) is 27.8 Å². The van der Waals surface area contributed by atoms with Gasteiger partial charge < -0.3 is 9.97 Å². The maximum Gasteiger partial charge on any atom is 0.314 e. The fraction of sp³-hybridized carbons (Fsp3) is 0.286. The van der Waals surface area contributed by atoms with Crippen LogP contribution in [0.3, 0.4) is 0 Å². The van der Waals surface area contributed by atoms with Gasteiger partial charge in [-0.2, -0.15) is 5.10 Å². The Morgan fingerprint density at radius 1 is 1.10 bits per heavy atom. The molecule has 0 aliphatic rings. The zero-order valence-corrected chi connectivity index (χ0v) is 11.7. The van der Waals surface area contributed by atoms with E-state index in [1.165, 1.54) is 0 Å². The van der Waals surface area contributed by atoms with E-state index in [9.17, 15) is 9.59 Å². The maximum atomic E-state index is 11.4. The topological polar surface area (TPSA) is 107 Å². The van der Waals surface area contributed by atoms with E-state index in [-0.39, 0.29) is 0 Å². The number of benzene rings is 1. The predicted octanol–water partition coefficient (Wildman–Crippen LogP) is 1.20. The lowest BCUT2D eigenvalue weighted by Gasteiger charge is -2.00. The SMILES string of the molecule is CC(C)Cc1nc(-c2ccc3[nH]c(=O)c(=O)[nH]c3c2)n[nH]1. The van der Waals surface area contributed by atoms with Crippen LogP contribution in [0.2, 0.25) is 0 Å². The second-order valence-corrected chi connectivity index (χ2v) is 5.37. The van der Waals surface area contributed by atoms with Crippen LogP contribution in [0, 0.1) is 5.92 Å². The minimum Gasteiger partial charge on any atom is -0.316 e. The largest absolute Gasteiger partial charge is 0.316 e. The van der Waals surface area contributed by atoms with Crippen molar-refractivity contribution in [3.05, 3.63) is 44.7 Å². The number of H-pyrrole nitrogens is 3. The van der Waals surface area contributed by atoms with Crippen LogP contribution >= 0.6 is 0 Å². The summed E-state index contributed by atoms with van der Waals surface area (Å²) in [6.07, 6.45) is 0.824. The molecule has 0 aliphatic heterocycles. The Hall–Kier alpha value is -2.70. The number of nitrogens with zero attached hydrogens (tertiary/aromatic N) is 2. The number of hydrogen-bond donors (Lipinski definition) is 3. The summed E-state index contributed by atoms with van der Waals surface area (Å²) in [5.74, 6) is 1.89. The number of hydrogen-bond acceptors (Lipinski definition) is 4. The van der Waals surface area contributed by atoms with Crippen molar-refractivity contribution in [3.63, 3.8) is 0 Å². The van der Waals surface area contributed by atoms with E-state index in [1.54, 1.807) is 18.2 Å². The first-order valence-corrected chi connectivity index (χ1v) is 6.71. The molecule has 3 N–H and O–H groups in total. The van der Waals surface area contributed by atoms with Gasteiger partial charge in [0, 0.05) is 12.0 Å². The van der Waals surface area contributed by atoms with Crippen molar-refractivity contribution < 1.29 is 0 Å². The molecule has 2 aromatic heterocycles. The Kier molecular flexibility index (Phi) is 3.17. The van der Waals surface area contributed by atoms with Gasteiger partial charge in [0.25, 0.3) is 0 Å². The fourth-order valence-electron chi connectivity index (χ4n) is 2.16. The summed E-state index contributed by atoms with van der Waals surface area (Å²) >= 11 is 0. The van der Waals surface area contributed by atoms with Gasteiger partial charge in [-0.25, -0.2) is 4.98 Å². The summed E-state index contributed by atoms with van der Waals surface area (Å²) in [4.78, 5) is 32.1. The predicted molar refractivity (Wildman–Crippen MR) is 79.1 cm³/mol. The standard InChI is InChI=1S/C14H15N5O2/c1-7(2)5-11-17-12(19-18-11)8-3-4-9-10(6-8)16-14(21)13(20)15-9/h3-4,6-7H,5H2,1-2H3,(H,15,20)(H,16,21)(H,17,18,19). The third-order valence-electron chi connectivity index (χ3n) is 3.11. The summed E-state index contributed by atoms with van der Waals surface area (Å²) in [5.41, 5.74) is 0.563. The average Bonchev–Trinajstić information content (AvgIpc) is 2.87. The van der Waals surface area contributed by atoms with Crippen molar-refractivity contribution in [1.82, 2.24) is 25.1 Å². The van der Waals surface area contributed by atoms with Gasteiger partial charge in [-0.1, -0.05) is 13.8 Å². The molecule has 0 spiro atoms. The van der Waals surface area contributed by atoms with E-state index in [0.29, 0.717) is 22.8 Å². The first-order chi connectivity index (χ1) is 10.0. The van der Waals surface area contributed by atoms with Gasteiger partial charge in [-0.05, 0) is 24.1 Å². The molecule has 0 radical (unpaired) electrons. The van der Waals surface area contributed by atoms with E-state index < -0.39 is 11.1 Å². The van der Waals surface area contributed by atoms with Crippen molar-refractivity contribution in [3.8, 4) is 11.4 Å². The second-order valence-electron chi connectivity index (χ2n) is 5.37. The fourth-order valence-corrected chi connectivity index (χ4v) is 2.16. The highest BCUT2D eigenvalue weighted by atomic mass is 16.2. The molecule has 108 valence electrons. The molecular formula is C14H15N5O2. The molecule has 3 aromatic rings. The Balaban J connectivity index is 2.04. The number of fused-ring (bicyclic) bond motifs is 1. The van der Waals surface area contributed by atoms with E-state index >= 15 is 0 Å². The molecule has 0 atom stereocenters. The van der Waals surface area contributed by atoms with Crippen LogP contribution in [-0.2, 0) is 6.42 Å². The van der Waals surface area contributed by atoms with Crippen LogP contribution in [0.4, 0.5) is 0 Å². The molecule has 0 aliphatic carbocycles. The average molecular weight is 285 g/mol. The van der Waals surface area contributed by atoms with Crippen molar-refractivity contribution in [1.29, 1.82) is 0 Å². The second kappa shape index (κ2) is 5.01. The molecule has 0 fully saturated rings. The zero-order valence-electron chi connectivity index (χ0n) is 11.7. The van der Waals surface area contributed by atoms with Gasteiger partial charge in [-0.15, -0.1) is 0 Å². The highest BCUT2D eigenvalue weighted by molar-refractivity contribution is 5.79. The van der Waals surface area contributed by atoms with E-state index in [0.717, 1.165) is 17.8 Å². The minimum absolute atomic E-state index is 0.490. The molecule has 0 saturated carbocycles. The summed E-state index contributed by atoms with van der Waals surface area (Å²) in [5, 5.41) is 7.10. The summed E-state index contributed by atoms with van der Waals surface area (Å²) in [6, 6.07) is 5.27. The Morgan fingerprint density at radius 2 is 1.81 bits per heavy atom. The Bertz CT molecular complexity index is 903. The van der Waals surface area contributed by atoms with Crippen LogP contribution in [0.1, 0.15) is 19.7 Å². The van der Waals surface area contributed by atoms with Gasteiger partial charge in [0.1, 0.15) is 5.82 Å². The molecule has 21 heavy (non-hydrogen) atoms. The molecule has 3 rings (SSSR count). The zero-order chi connectivity index (χ0) is 15.0. The van der Waals surface area contributed by atoms with Gasteiger partial charge in [0.05, 0.1) is 11.0 Å². The van der Waals surface area contributed by atoms with Gasteiger partial charge in [0.2, 0.25) is 0 Å². The van der Waals surface area contributed by atoms with Crippen molar-refractivity contribution in [2.45, 2.75) is 20.3 Å². The maximum absolute atomic E-state index is 11.4. The number of nitrogens with one attached hydrogen (secondary N) is 3. The smallest absolute Gasteiger partial charge is 0.314 e. The lowest BCUT2D eigenvalue weighted by Crippen LogP contribution is -2.28. The normalized spacial score (nSPS) is 11.4. The number of rotatable bonds is 3. The summed E-state index contributed by atoms with van der Waals surface area (Å²) in [7, 11) is 0. The summed E-state index contributed by atoms with van der Waals surface area (Å²) in [6.45, 7) is 4.22. The van der Waals surface area contributed by atoms with Crippen LogP contribution in [-0.4, -0.2) is 25.1 Å². The van der Waals surface area contributed by atoms with Crippen molar-refractivity contribution in [2.75, 3.05) is 0 Å². The van der Waals surface area contributed by atoms with Gasteiger partial charge >= 0.3 is 11.1 Å². The van der Waals surface area contributed by atoms with E-state index in [4.69, 9.17) is 0 Å². The third-order valence-corrected chi connectivity index (χ3v) is 3.11. The molecular weight excluding hydrogens is 270 g/mol. The first-order valence-electron chi connectivity index (χ1n) is 6.71. The third kappa shape index (κ3) is 2.62. The van der Waals surface area contributed by atoms with E-state index in [1.807, 2.05) is 0 Å². The van der Waals surface area contributed by atoms with Crippen LogP contribution in [0.25, 0.3) is 22.4 Å². The Labute approximate surface area is 119 Å². The van der Waals surface area contributed by atoms with Crippen LogP contribution < -0.4 is 11.1 Å².